The number of nitrogens with zero attached hydrogens (tertiary/aromatic N) is 1. The predicted molar refractivity (Wildman–Crippen MR) is 75.4 cm³/mol. The third-order valence-electron chi connectivity index (χ3n) is 3.32. The summed E-state index contributed by atoms with van der Waals surface area (Å²) >= 11 is 0. The van der Waals surface area contributed by atoms with Crippen LogP contribution < -0.4 is 15.4 Å². The van der Waals surface area contributed by atoms with Crippen molar-refractivity contribution in [3.63, 3.8) is 0 Å². The van der Waals surface area contributed by atoms with Crippen molar-refractivity contribution in [1.29, 1.82) is 0 Å². The number of rotatable bonds is 6. The van der Waals surface area contributed by atoms with E-state index in [4.69, 9.17) is 10.5 Å². The smallest absolute Gasteiger partial charge is 0.122 e. The van der Waals surface area contributed by atoms with Crippen LogP contribution in [0.2, 0.25) is 0 Å². The van der Waals surface area contributed by atoms with Gasteiger partial charge in [-0.3, -0.25) is 0 Å². The second kappa shape index (κ2) is 6.61. The number of aliphatic hydroxyl groups is 1. The maximum Gasteiger partial charge on any atom is 0.122 e. The van der Waals surface area contributed by atoms with Crippen molar-refractivity contribution in [2.45, 2.75) is 26.4 Å². The number of ether oxygens (including phenoxy) is 1. The van der Waals surface area contributed by atoms with Crippen LogP contribution in [0.15, 0.2) is 12.1 Å². The summed E-state index contributed by atoms with van der Waals surface area (Å²) in [7, 11) is 3.66. The summed E-state index contributed by atoms with van der Waals surface area (Å²) in [5, 5.41) is 9.80. The lowest BCUT2D eigenvalue weighted by Gasteiger charge is -2.25. The van der Waals surface area contributed by atoms with E-state index in [1.807, 2.05) is 26.1 Å². The van der Waals surface area contributed by atoms with Gasteiger partial charge >= 0.3 is 0 Å². The van der Waals surface area contributed by atoms with E-state index in [1.165, 1.54) is 5.56 Å². The van der Waals surface area contributed by atoms with Gasteiger partial charge in [-0.15, -0.1) is 0 Å². The molecule has 102 valence electrons. The Morgan fingerprint density at radius 1 is 1.33 bits per heavy atom. The molecule has 0 spiro atoms. The highest BCUT2D eigenvalue weighted by atomic mass is 16.5. The molecule has 0 bridgehead atoms. The summed E-state index contributed by atoms with van der Waals surface area (Å²) in [6.07, 6.45) is 0.236. The van der Waals surface area contributed by atoms with Gasteiger partial charge in [-0.2, -0.15) is 0 Å². The van der Waals surface area contributed by atoms with Gasteiger partial charge in [0.05, 0.1) is 13.2 Å². The SMILES string of the molecule is COc1ccc(N(C)CC(O)CCN)c(C)c1C. The fourth-order valence-corrected chi connectivity index (χ4v) is 2.11. The largest absolute Gasteiger partial charge is 0.496 e. The summed E-state index contributed by atoms with van der Waals surface area (Å²) in [5.74, 6) is 0.896. The molecule has 0 amide bonds. The highest BCUT2D eigenvalue weighted by Crippen LogP contribution is 2.29. The topological polar surface area (TPSA) is 58.7 Å². The zero-order valence-electron chi connectivity index (χ0n) is 11.7. The first-order valence-corrected chi connectivity index (χ1v) is 6.24. The number of methoxy groups -OCH3 is 1. The zero-order chi connectivity index (χ0) is 13.7. The van der Waals surface area contributed by atoms with Crippen molar-refractivity contribution in [2.24, 2.45) is 5.73 Å². The molecule has 1 aromatic rings. The first-order valence-electron chi connectivity index (χ1n) is 6.24. The van der Waals surface area contributed by atoms with Gasteiger partial charge in [-0.05, 0) is 50.1 Å². The summed E-state index contributed by atoms with van der Waals surface area (Å²) < 4.78 is 5.30. The Morgan fingerprint density at radius 2 is 2.00 bits per heavy atom. The fourth-order valence-electron chi connectivity index (χ4n) is 2.11. The summed E-state index contributed by atoms with van der Waals surface area (Å²) in [6.45, 7) is 5.21. The van der Waals surface area contributed by atoms with E-state index in [-0.39, 0.29) is 6.10 Å². The average molecular weight is 252 g/mol. The average Bonchev–Trinajstić information content (AvgIpc) is 2.32. The molecule has 1 rings (SSSR count). The van der Waals surface area contributed by atoms with E-state index in [0.29, 0.717) is 19.5 Å². The Labute approximate surface area is 109 Å². The number of benzene rings is 1. The zero-order valence-corrected chi connectivity index (χ0v) is 11.7. The van der Waals surface area contributed by atoms with E-state index in [9.17, 15) is 5.11 Å². The van der Waals surface area contributed by atoms with Crippen LogP contribution in [0.25, 0.3) is 0 Å². The van der Waals surface area contributed by atoms with E-state index >= 15 is 0 Å². The van der Waals surface area contributed by atoms with Gasteiger partial charge in [-0.25, -0.2) is 0 Å². The van der Waals surface area contributed by atoms with Gasteiger partial charge in [0.1, 0.15) is 5.75 Å². The lowest BCUT2D eigenvalue weighted by Crippen LogP contribution is -2.31. The Bertz CT molecular complexity index is 394. The molecule has 0 aliphatic carbocycles. The van der Waals surface area contributed by atoms with Gasteiger partial charge in [-0.1, -0.05) is 0 Å². The number of hydrogen-bond acceptors (Lipinski definition) is 4. The fraction of sp³-hybridized carbons (Fsp3) is 0.571. The molecule has 0 saturated carbocycles. The Kier molecular flexibility index (Phi) is 5.44. The molecule has 1 atom stereocenters. The molecule has 1 unspecified atom stereocenters. The Balaban J connectivity index is 2.86. The Morgan fingerprint density at radius 3 is 2.56 bits per heavy atom. The predicted octanol–water partition coefficient (Wildman–Crippen LogP) is 1.46. The quantitative estimate of drug-likeness (QED) is 0.804. The van der Waals surface area contributed by atoms with Gasteiger partial charge in [0, 0.05) is 19.3 Å². The standard InChI is InChI=1S/C14H24N2O2/c1-10-11(2)14(18-4)6-5-13(10)16(3)9-12(17)7-8-15/h5-6,12,17H,7-9,15H2,1-4H3. The molecule has 4 nitrogen and oxygen atoms in total. The maximum atomic E-state index is 9.80. The number of likely N-dealkylation sites (N-methyl/N-ethyl adjacent to an activating group) is 1. The van der Waals surface area contributed by atoms with E-state index in [0.717, 1.165) is 17.0 Å². The summed E-state index contributed by atoms with van der Waals surface area (Å²) in [5.41, 5.74) is 8.87. The number of hydrogen-bond donors (Lipinski definition) is 2. The van der Waals surface area contributed by atoms with Crippen molar-refractivity contribution in [3.05, 3.63) is 23.3 Å². The summed E-state index contributed by atoms with van der Waals surface area (Å²) in [6, 6.07) is 3.99. The van der Waals surface area contributed by atoms with Gasteiger partial charge < -0.3 is 20.5 Å². The van der Waals surface area contributed by atoms with E-state index in [2.05, 4.69) is 11.8 Å². The van der Waals surface area contributed by atoms with Crippen LogP contribution in [-0.4, -0.2) is 38.5 Å². The molecule has 0 radical (unpaired) electrons. The van der Waals surface area contributed by atoms with Crippen LogP contribution in [0.3, 0.4) is 0 Å². The molecular formula is C14H24N2O2. The van der Waals surface area contributed by atoms with Crippen molar-refractivity contribution in [3.8, 4) is 5.75 Å². The third kappa shape index (κ3) is 3.37. The second-order valence-corrected chi connectivity index (χ2v) is 4.65. The molecule has 1 aromatic carbocycles. The molecule has 0 saturated heterocycles. The normalized spacial score (nSPS) is 12.3. The van der Waals surface area contributed by atoms with Crippen molar-refractivity contribution >= 4 is 5.69 Å². The minimum atomic E-state index is -0.387. The highest BCUT2D eigenvalue weighted by molar-refractivity contribution is 5.59. The minimum absolute atomic E-state index is 0.387. The minimum Gasteiger partial charge on any atom is -0.496 e. The van der Waals surface area contributed by atoms with Crippen LogP contribution in [0, 0.1) is 13.8 Å². The molecule has 3 N–H and O–H groups in total. The molecule has 0 aliphatic rings. The van der Waals surface area contributed by atoms with Gasteiger partial charge in [0.2, 0.25) is 0 Å². The van der Waals surface area contributed by atoms with E-state index in [1.54, 1.807) is 7.11 Å². The maximum absolute atomic E-state index is 9.80. The van der Waals surface area contributed by atoms with Gasteiger partial charge in [0.25, 0.3) is 0 Å². The van der Waals surface area contributed by atoms with Crippen LogP contribution >= 0.6 is 0 Å². The molecule has 0 aliphatic heterocycles. The van der Waals surface area contributed by atoms with Crippen LogP contribution in [0.4, 0.5) is 5.69 Å². The lowest BCUT2D eigenvalue weighted by atomic mass is 10.1. The lowest BCUT2D eigenvalue weighted by molar-refractivity contribution is 0.174. The first-order chi connectivity index (χ1) is 8.51. The number of nitrogens with two attached hydrogens (primary N) is 1. The van der Waals surface area contributed by atoms with E-state index < -0.39 is 0 Å². The molecule has 4 heteroatoms. The number of anilines is 1. The molecule has 0 aromatic heterocycles. The van der Waals surface area contributed by atoms with Crippen molar-refractivity contribution in [1.82, 2.24) is 0 Å². The van der Waals surface area contributed by atoms with Crippen molar-refractivity contribution in [2.75, 3.05) is 32.1 Å². The molecule has 0 fully saturated rings. The monoisotopic (exact) mass is 252 g/mol. The van der Waals surface area contributed by atoms with Crippen LogP contribution in [0.5, 0.6) is 5.75 Å². The van der Waals surface area contributed by atoms with Crippen molar-refractivity contribution < 1.29 is 9.84 Å². The van der Waals surface area contributed by atoms with Gasteiger partial charge in [0.15, 0.2) is 0 Å². The Hall–Kier alpha value is -1.26. The first kappa shape index (κ1) is 14.8. The molecular weight excluding hydrogens is 228 g/mol. The highest BCUT2D eigenvalue weighted by Gasteiger charge is 2.13. The second-order valence-electron chi connectivity index (χ2n) is 4.65. The third-order valence-corrected chi connectivity index (χ3v) is 3.32. The van der Waals surface area contributed by atoms with Crippen LogP contribution in [-0.2, 0) is 0 Å². The summed E-state index contributed by atoms with van der Waals surface area (Å²) in [4.78, 5) is 2.06. The molecule has 0 heterocycles. The number of aliphatic hydroxyl groups excluding tert-OH is 1. The molecule has 18 heavy (non-hydrogen) atoms. The van der Waals surface area contributed by atoms with Crippen LogP contribution in [0.1, 0.15) is 17.5 Å².